The van der Waals surface area contributed by atoms with Crippen molar-refractivity contribution in [2.75, 3.05) is 65.6 Å². The number of carboxylic acids is 1. The summed E-state index contributed by atoms with van der Waals surface area (Å²) in [5.74, 6) is -1.21. The minimum atomic E-state index is -0.928. The van der Waals surface area contributed by atoms with Gasteiger partial charge in [-0.25, -0.2) is 0 Å². The van der Waals surface area contributed by atoms with Gasteiger partial charge >= 0.3 is 5.97 Å². The van der Waals surface area contributed by atoms with Crippen LogP contribution in [-0.4, -0.2) is 97.3 Å². The molecule has 0 aromatic rings. The van der Waals surface area contributed by atoms with Gasteiger partial charge in [0.15, 0.2) is 0 Å². The summed E-state index contributed by atoms with van der Waals surface area (Å²) >= 11 is 0. The molecule has 3 rings (SSSR count). The van der Waals surface area contributed by atoms with Crippen molar-refractivity contribution < 1.29 is 19.4 Å². The lowest BCUT2D eigenvalue weighted by Gasteiger charge is -2.37. The number of hydrogen-bond acceptors (Lipinski definition) is 5. The molecule has 0 radical (unpaired) electrons. The van der Waals surface area contributed by atoms with E-state index in [0.717, 1.165) is 39.4 Å². The zero-order chi connectivity index (χ0) is 18.2. The van der Waals surface area contributed by atoms with Gasteiger partial charge < -0.3 is 19.6 Å². The van der Waals surface area contributed by atoms with Crippen molar-refractivity contribution in [3.8, 4) is 0 Å². The SMILES string of the molecule is CCN1C[C@@]2(C(=O)O)CN(CC(C)(C)CN3CCOCC3)C[C@H]2C1=O. The van der Waals surface area contributed by atoms with Crippen LogP contribution in [0.15, 0.2) is 0 Å². The highest BCUT2D eigenvalue weighted by molar-refractivity contribution is 5.92. The van der Waals surface area contributed by atoms with Crippen molar-refractivity contribution in [3.63, 3.8) is 0 Å². The van der Waals surface area contributed by atoms with Gasteiger partial charge in [-0.2, -0.15) is 0 Å². The number of fused-ring (bicyclic) bond motifs is 1. The van der Waals surface area contributed by atoms with Crippen LogP contribution in [0.4, 0.5) is 0 Å². The van der Waals surface area contributed by atoms with Gasteiger partial charge in [0.1, 0.15) is 5.41 Å². The van der Waals surface area contributed by atoms with Gasteiger partial charge in [-0.1, -0.05) is 13.8 Å². The lowest BCUT2D eigenvalue weighted by Crippen LogP contribution is -2.47. The largest absolute Gasteiger partial charge is 0.481 e. The topological polar surface area (TPSA) is 73.3 Å². The monoisotopic (exact) mass is 353 g/mol. The number of aliphatic carboxylic acids is 1. The highest BCUT2D eigenvalue weighted by atomic mass is 16.5. The van der Waals surface area contributed by atoms with E-state index in [2.05, 4.69) is 23.6 Å². The third-order valence-electron chi connectivity index (χ3n) is 5.91. The molecule has 3 aliphatic heterocycles. The Kier molecular flexibility index (Phi) is 5.10. The molecule has 2 atom stereocenters. The molecule has 1 amide bonds. The van der Waals surface area contributed by atoms with Crippen LogP contribution in [0.5, 0.6) is 0 Å². The normalized spacial score (nSPS) is 31.6. The number of likely N-dealkylation sites (tertiary alicyclic amines) is 2. The van der Waals surface area contributed by atoms with E-state index in [4.69, 9.17) is 4.74 Å². The van der Waals surface area contributed by atoms with Gasteiger partial charge in [-0.3, -0.25) is 14.5 Å². The minimum absolute atomic E-state index is 0.0124. The van der Waals surface area contributed by atoms with Crippen molar-refractivity contribution in [2.24, 2.45) is 16.7 Å². The second-order valence-electron chi connectivity index (χ2n) is 8.59. The molecular weight excluding hydrogens is 322 g/mol. The first-order valence-electron chi connectivity index (χ1n) is 9.32. The maximum atomic E-state index is 12.6. The fourth-order valence-corrected chi connectivity index (χ4v) is 4.81. The molecule has 3 fully saturated rings. The predicted molar refractivity (Wildman–Crippen MR) is 93.3 cm³/mol. The lowest BCUT2D eigenvalue weighted by molar-refractivity contribution is -0.149. The third-order valence-corrected chi connectivity index (χ3v) is 5.91. The molecule has 7 heteroatoms. The molecule has 25 heavy (non-hydrogen) atoms. The van der Waals surface area contributed by atoms with E-state index in [9.17, 15) is 14.7 Å². The van der Waals surface area contributed by atoms with E-state index in [1.807, 2.05) is 6.92 Å². The molecule has 0 aliphatic carbocycles. The van der Waals surface area contributed by atoms with Gasteiger partial charge in [0.25, 0.3) is 0 Å². The summed E-state index contributed by atoms with van der Waals surface area (Å²) < 4.78 is 5.41. The number of morpholine rings is 1. The van der Waals surface area contributed by atoms with Crippen LogP contribution in [0, 0.1) is 16.7 Å². The second kappa shape index (κ2) is 6.85. The average molecular weight is 353 g/mol. The first kappa shape index (κ1) is 18.6. The zero-order valence-electron chi connectivity index (χ0n) is 15.7. The van der Waals surface area contributed by atoms with Crippen molar-refractivity contribution in [2.45, 2.75) is 20.8 Å². The number of carbonyl (C=O) groups excluding carboxylic acids is 1. The van der Waals surface area contributed by atoms with E-state index >= 15 is 0 Å². The molecule has 0 bridgehead atoms. The van der Waals surface area contributed by atoms with Crippen molar-refractivity contribution in [1.82, 2.24) is 14.7 Å². The molecule has 0 aromatic carbocycles. The van der Waals surface area contributed by atoms with Crippen molar-refractivity contribution in [3.05, 3.63) is 0 Å². The second-order valence-corrected chi connectivity index (χ2v) is 8.59. The molecule has 3 aliphatic rings. The number of carboxylic acid groups (broad SMARTS) is 1. The van der Waals surface area contributed by atoms with Gasteiger partial charge in [0.05, 0.1) is 19.1 Å². The van der Waals surface area contributed by atoms with Gasteiger partial charge in [-0.05, 0) is 12.3 Å². The number of carbonyl (C=O) groups is 2. The van der Waals surface area contributed by atoms with Crippen LogP contribution in [0.3, 0.4) is 0 Å². The average Bonchev–Trinajstić information content (AvgIpc) is 3.02. The predicted octanol–water partition coefficient (Wildman–Crippen LogP) is 0.210. The summed E-state index contributed by atoms with van der Waals surface area (Å²) in [6, 6.07) is 0. The molecule has 142 valence electrons. The fourth-order valence-electron chi connectivity index (χ4n) is 4.81. The number of hydrogen-bond donors (Lipinski definition) is 1. The van der Waals surface area contributed by atoms with Crippen LogP contribution in [0.25, 0.3) is 0 Å². The van der Waals surface area contributed by atoms with Crippen molar-refractivity contribution >= 4 is 11.9 Å². The van der Waals surface area contributed by atoms with E-state index < -0.39 is 17.3 Å². The molecule has 7 nitrogen and oxygen atoms in total. The third kappa shape index (κ3) is 3.55. The molecule has 3 heterocycles. The van der Waals surface area contributed by atoms with Crippen molar-refractivity contribution in [1.29, 1.82) is 0 Å². The summed E-state index contributed by atoms with van der Waals surface area (Å²) in [5.41, 5.74) is -0.884. The molecule has 0 spiro atoms. The molecule has 0 saturated carbocycles. The summed E-state index contributed by atoms with van der Waals surface area (Å²) in [7, 11) is 0. The molecular formula is C18H31N3O4. The Morgan fingerprint density at radius 3 is 2.44 bits per heavy atom. The highest BCUT2D eigenvalue weighted by Crippen LogP contribution is 2.44. The van der Waals surface area contributed by atoms with E-state index in [1.54, 1.807) is 4.90 Å². The van der Waals surface area contributed by atoms with Crippen LogP contribution in [0.1, 0.15) is 20.8 Å². The molecule has 1 N–H and O–H groups in total. The Morgan fingerprint density at radius 2 is 1.88 bits per heavy atom. The maximum absolute atomic E-state index is 12.6. The number of amides is 1. The quantitative estimate of drug-likeness (QED) is 0.736. The van der Waals surface area contributed by atoms with Gasteiger partial charge in [0, 0.05) is 52.4 Å². The van der Waals surface area contributed by atoms with Crippen LogP contribution < -0.4 is 0 Å². The highest BCUT2D eigenvalue weighted by Gasteiger charge is 2.61. The maximum Gasteiger partial charge on any atom is 0.313 e. The van der Waals surface area contributed by atoms with E-state index in [1.165, 1.54) is 0 Å². The standard InChI is InChI=1S/C18H31N3O4/c1-4-21-13-18(16(23)24)12-20(9-14(18)15(21)22)11-17(2,3)10-19-5-7-25-8-6-19/h14H,4-13H2,1-3H3,(H,23,24)/t14-,18-/m0/s1. The van der Waals surface area contributed by atoms with E-state index in [0.29, 0.717) is 26.2 Å². The molecule has 0 aromatic heterocycles. The Hall–Kier alpha value is -1.18. The number of rotatable bonds is 6. The lowest BCUT2D eigenvalue weighted by atomic mass is 9.81. The van der Waals surface area contributed by atoms with Crippen LogP contribution >= 0.6 is 0 Å². The Balaban J connectivity index is 1.65. The smallest absolute Gasteiger partial charge is 0.313 e. The summed E-state index contributed by atoms with van der Waals surface area (Å²) in [4.78, 5) is 30.9. The fraction of sp³-hybridized carbons (Fsp3) is 0.889. The Bertz CT molecular complexity index is 532. The zero-order valence-corrected chi connectivity index (χ0v) is 15.7. The number of nitrogens with zero attached hydrogens (tertiary/aromatic N) is 3. The summed E-state index contributed by atoms with van der Waals surface area (Å²) in [6.45, 7) is 13.6. The summed E-state index contributed by atoms with van der Waals surface area (Å²) in [6.07, 6.45) is 0. The number of ether oxygens (including phenoxy) is 1. The molecule has 3 saturated heterocycles. The van der Waals surface area contributed by atoms with Crippen LogP contribution in [0.2, 0.25) is 0 Å². The Morgan fingerprint density at radius 1 is 1.24 bits per heavy atom. The first-order chi connectivity index (χ1) is 11.8. The first-order valence-corrected chi connectivity index (χ1v) is 9.32. The van der Waals surface area contributed by atoms with Gasteiger partial charge in [0.2, 0.25) is 5.91 Å². The minimum Gasteiger partial charge on any atom is -0.481 e. The van der Waals surface area contributed by atoms with Gasteiger partial charge in [-0.15, -0.1) is 0 Å². The van der Waals surface area contributed by atoms with E-state index in [-0.39, 0.29) is 11.3 Å². The summed E-state index contributed by atoms with van der Waals surface area (Å²) in [5, 5.41) is 9.85. The molecule has 0 unspecified atom stereocenters. The Labute approximate surface area is 149 Å². The van der Waals surface area contributed by atoms with Crippen LogP contribution in [-0.2, 0) is 14.3 Å².